The number of benzene rings is 1. The minimum atomic E-state index is -4.47. The molecule has 0 heterocycles. The van der Waals surface area contributed by atoms with Crippen LogP contribution in [0.2, 0.25) is 0 Å². The first kappa shape index (κ1) is 16.0. The molecule has 1 aliphatic carbocycles. The summed E-state index contributed by atoms with van der Waals surface area (Å²) in [4.78, 5) is -0.268. The van der Waals surface area contributed by atoms with Crippen LogP contribution >= 0.6 is 12.2 Å². The van der Waals surface area contributed by atoms with Crippen LogP contribution in [0.5, 0.6) is 0 Å². The van der Waals surface area contributed by atoms with Crippen molar-refractivity contribution in [2.45, 2.75) is 31.0 Å². The van der Waals surface area contributed by atoms with Crippen molar-refractivity contribution in [3.8, 4) is 0 Å². The van der Waals surface area contributed by atoms with E-state index in [1.54, 1.807) is 7.11 Å². The first-order valence-electron chi connectivity index (χ1n) is 6.57. The standard InChI is InChI=1S/C14H17F3N2OS/c1-20-13(5-2-6-13)8-19-9-3-4-11(14(15,16)17)10(7-9)12(18)21/h3-4,7,19H,2,5-6,8H2,1H3,(H2,18,21). The Labute approximate surface area is 126 Å². The lowest BCUT2D eigenvalue weighted by molar-refractivity contribution is -0.137. The first-order valence-corrected chi connectivity index (χ1v) is 6.98. The molecule has 0 saturated heterocycles. The Morgan fingerprint density at radius 3 is 2.52 bits per heavy atom. The number of alkyl halides is 3. The van der Waals surface area contributed by atoms with Gasteiger partial charge >= 0.3 is 6.18 Å². The molecule has 0 radical (unpaired) electrons. The third kappa shape index (κ3) is 3.47. The number of ether oxygens (including phenoxy) is 1. The number of halogens is 3. The van der Waals surface area contributed by atoms with E-state index in [0.717, 1.165) is 25.3 Å². The second kappa shape index (κ2) is 5.81. The fourth-order valence-corrected chi connectivity index (χ4v) is 2.56. The average molecular weight is 318 g/mol. The molecular formula is C14H17F3N2OS. The number of nitrogens with one attached hydrogen (secondary N) is 1. The monoisotopic (exact) mass is 318 g/mol. The minimum Gasteiger partial charge on any atom is -0.389 e. The molecule has 3 N–H and O–H groups in total. The van der Waals surface area contributed by atoms with Crippen LogP contribution < -0.4 is 11.1 Å². The van der Waals surface area contributed by atoms with E-state index >= 15 is 0 Å². The Hall–Kier alpha value is -1.34. The molecule has 21 heavy (non-hydrogen) atoms. The average Bonchev–Trinajstić information content (AvgIpc) is 2.36. The number of hydrogen-bond donors (Lipinski definition) is 2. The van der Waals surface area contributed by atoms with E-state index in [0.29, 0.717) is 12.2 Å². The number of nitrogens with two attached hydrogens (primary N) is 1. The number of thiocarbonyl (C=S) groups is 1. The highest BCUT2D eigenvalue weighted by Crippen LogP contribution is 2.36. The van der Waals surface area contributed by atoms with Crippen LogP contribution in [0, 0.1) is 0 Å². The molecular weight excluding hydrogens is 301 g/mol. The van der Waals surface area contributed by atoms with Gasteiger partial charge in [-0.15, -0.1) is 0 Å². The topological polar surface area (TPSA) is 47.3 Å². The molecule has 1 aromatic carbocycles. The van der Waals surface area contributed by atoms with E-state index in [2.05, 4.69) is 5.32 Å². The number of methoxy groups -OCH3 is 1. The summed E-state index contributed by atoms with van der Waals surface area (Å²) in [7, 11) is 1.65. The van der Waals surface area contributed by atoms with Crippen LogP contribution in [0.25, 0.3) is 0 Å². The maximum atomic E-state index is 12.9. The molecule has 0 atom stereocenters. The highest BCUT2D eigenvalue weighted by atomic mass is 32.1. The van der Waals surface area contributed by atoms with Crippen LogP contribution in [-0.4, -0.2) is 24.2 Å². The van der Waals surface area contributed by atoms with Crippen molar-refractivity contribution < 1.29 is 17.9 Å². The fourth-order valence-electron chi connectivity index (χ4n) is 2.39. The van der Waals surface area contributed by atoms with Gasteiger partial charge in [0.25, 0.3) is 0 Å². The van der Waals surface area contributed by atoms with Crippen molar-refractivity contribution in [1.29, 1.82) is 0 Å². The molecule has 1 aliphatic rings. The summed E-state index contributed by atoms with van der Waals surface area (Å²) in [6.07, 6.45) is -1.49. The van der Waals surface area contributed by atoms with Gasteiger partial charge in [0.2, 0.25) is 0 Å². The molecule has 0 aromatic heterocycles. The van der Waals surface area contributed by atoms with Crippen molar-refractivity contribution in [2.24, 2.45) is 5.73 Å². The van der Waals surface area contributed by atoms with E-state index in [1.807, 2.05) is 0 Å². The molecule has 0 amide bonds. The smallest absolute Gasteiger partial charge is 0.389 e. The van der Waals surface area contributed by atoms with Crippen molar-refractivity contribution >= 4 is 22.9 Å². The molecule has 0 aliphatic heterocycles. The lowest BCUT2D eigenvalue weighted by atomic mass is 9.80. The van der Waals surface area contributed by atoms with Gasteiger partial charge in [-0.2, -0.15) is 13.2 Å². The molecule has 0 spiro atoms. The zero-order valence-corrected chi connectivity index (χ0v) is 12.4. The Morgan fingerprint density at radius 1 is 1.43 bits per heavy atom. The first-order chi connectivity index (χ1) is 9.77. The van der Waals surface area contributed by atoms with Gasteiger partial charge in [0.1, 0.15) is 4.99 Å². The summed E-state index contributed by atoms with van der Waals surface area (Å²) in [5.74, 6) is 0. The molecule has 116 valence electrons. The summed E-state index contributed by atoms with van der Waals surface area (Å²) in [6.45, 7) is 0.547. The molecule has 7 heteroatoms. The van der Waals surface area contributed by atoms with E-state index in [9.17, 15) is 13.2 Å². The Morgan fingerprint density at radius 2 is 2.10 bits per heavy atom. The van der Waals surface area contributed by atoms with Gasteiger partial charge in [-0.1, -0.05) is 12.2 Å². The van der Waals surface area contributed by atoms with E-state index in [4.69, 9.17) is 22.7 Å². The van der Waals surface area contributed by atoms with Gasteiger partial charge in [-0.3, -0.25) is 0 Å². The second-order valence-corrected chi connectivity index (χ2v) is 5.66. The Bertz CT molecular complexity index is 536. The normalized spacial score (nSPS) is 17.1. The maximum Gasteiger partial charge on any atom is 0.417 e. The highest BCUT2D eigenvalue weighted by Gasteiger charge is 2.37. The Balaban J connectivity index is 2.18. The van der Waals surface area contributed by atoms with Crippen LogP contribution in [0.15, 0.2) is 18.2 Å². The summed E-state index contributed by atoms with van der Waals surface area (Å²) < 4.78 is 44.1. The predicted molar refractivity (Wildman–Crippen MR) is 79.4 cm³/mol. The summed E-state index contributed by atoms with van der Waals surface area (Å²) in [5, 5.41) is 3.10. The molecule has 0 bridgehead atoms. The Kier molecular flexibility index (Phi) is 4.43. The van der Waals surface area contributed by atoms with Gasteiger partial charge in [0.05, 0.1) is 11.2 Å². The number of rotatable bonds is 5. The molecule has 1 saturated carbocycles. The van der Waals surface area contributed by atoms with E-state index < -0.39 is 11.7 Å². The summed E-state index contributed by atoms with van der Waals surface area (Å²) >= 11 is 4.72. The maximum absolute atomic E-state index is 12.9. The van der Waals surface area contributed by atoms with Crippen LogP contribution in [0.1, 0.15) is 30.4 Å². The predicted octanol–water partition coefficient (Wildman–Crippen LogP) is 3.32. The lowest BCUT2D eigenvalue weighted by Gasteiger charge is -2.40. The van der Waals surface area contributed by atoms with Crippen molar-refractivity contribution in [3.63, 3.8) is 0 Å². The zero-order valence-electron chi connectivity index (χ0n) is 11.6. The number of hydrogen-bond acceptors (Lipinski definition) is 3. The lowest BCUT2D eigenvalue weighted by Crippen LogP contribution is -2.45. The quantitative estimate of drug-likeness (QED) is 0.818. The van der Waals surface area contributed by atoms with Crippen molar-refractivity contribution in [3.05, 3.63) is 29.3 Å². The van der Waals surface area contributed by atoms with E-state index in [-0.39, 0.29) is 16.2 Å². The third-order valence-electron chi connectivity index (χ3n) is 3.90. The fraction of sp³-hybridized carbons (Fsp3) is 0.500. The van der Waals surface area contributed by atoms with Gasteiger partial charge in [0, 0.05) is 24.9 Å². The van der Waals surface area contributed by atoms with Crippen LogP contribution in [0.4, 0.5) is 18.9 Å². The van der Waals surface area contributed by atoms with Crippen molar-refractivity contribution in [2.75, 3.05) is 19.0 Å². The molecule has 1 aromatic rings. The van der Waals surface area contributed by atoms with Crippen LogP contribution in [-0.2, 0) is 10.9 Å². The zero-order chi connectivity index (χ0) is 15.7. The van der Waals surface area contributed by atoms with Crippen molar-refractivity contribution in [1.82, 2.24) is 0 Å². The highest BCUT2D eigenvalue weighted by molar-refractivity contribution is 7.80. The molecule has 2 rings (SSSR count). The molecule has 0 unspecified atom stereocenters. The second-order valence-electron chi connectivity index (χ2n) is 5.22. The number of anilines is 1. The largest absolute Gasteiger partial charge is 0.417 e. The summed E-state index contributed by atoms with van der Waals surface area (Å²) in [6, 6.07) is 3.72. The summed E-state index contributed by atoms with van der Waals surface area (Å²) in [5.41, 5.74) is 4.76. The van der Waals surface area contributed by atoms with Gasteiger partial charge in [-0.05, 0) is 37.5 Å². The van der Waals surface area contributed by atoms with Gasteiger partial charge < -0.3 is 15.8 Å². The van der Waals surface area contributed by atoms with Gasteiger partial charge in [-0.25, -0.2) is 0 Å². The third-order valence-corrected chi connectivity index (χ3v) is 4.12. The SMILES string of the molecule is COC1(CNc2ccc(C(F)(F)F)c(C(N)=S)c2)CCC1. The molecule has 3 nitrogen and oxygen atoms in total. The molecule has 1 fully saturated rings. The van der Waals surface area contributed by atoms with Gasteiger partial charge in [0.15, 0.2) is 0 Å². The van der Waals surface area contributed by atoms with Crippen LogP contribution in [0.3, 0.4) is 0 Å². The van der Waals surface area contributed by atoms with E-state index in [1.165, 1.54) is 12.1 Å². The minimum absolute atomic E-state index is 0.164.